The molecule has 0 radical (unpaired) electrons. The molecule has 1 aliphatic rings. The van der Waals surface area contributed by atoms with Gasteiger partial charge in [-0.15, -0.1) is 0 Å². The van der Waals surface area contributed by atoms with Crippen LogP contribution in [0.4, 0.5) is 16.2 Å². The summed E-state index contributed by atoms with van der Waals surface area (Å²) in [4.78, 5) is 17.7. The minimum atomic E-state index is -4.00. The molecule has 2 amide bonds. The first-order valence-electron chi connectivity index (χ1n) is 8.06. The third-order valence-corrected chi connectivity index (χ3v) is 5.58. The van der Waals surface area contributed by atoms with Gasteiger partial charge in [-0.05, 0) is 43.5 Å². The summed E-state index contributed by atoms with van der Waals surface area (Å²) in [6.07, 6.45) is 5.02. The number of anilines is 2. The number of carbonyl (C=O) groups is 1. The van der Waals surface area contributed by atoms with Crippen molar-refractivity contribution in [2.24, 2.45) is 0 Å². The number of pyridine rings is 1. The Morgan fingerprint density at radius 3 is 2.48 bits per heavy atom. The number of rotatable bonds is 4. The van der Waals surface area contributed by atoms with E-state index in [0.717, 1.165) is 12.8 Å². The minimum absolute atomic E-state index is 0.0689. The van der Waals surface area contributed by atoms with Gasteiger partial charge in [0.1, 0.15) is 4.90 Å². The molecule has 1 fully saturated rings. The number of aryl methyl sites for hydroxylation is 1. The monoisotopic (exact) mass is 360 g/mol. The van der Waals surface area contributed by atoms with Crippen molar-refractivity contribution in [2.75, 3.05) is 18.4 Å². The average Bonchev–Trinajstić information content (AvgIpc) is 3.10. The summed E-state index contributed by atoms with van der Waals surface area (Å²) < 4.78 is 27.8. The fraction of sp³-hybridized carbons (Fsp3) is 0.294. The standard InChI is InChI=1S/C17H20N4O3S/c1-13-5-4-6-15(19-14-7-9-18-10-8-14)16(13)25(23,24)20-17(22)21-11-2-3-12-21/h4-10H,2-3,11-12H2,1H3,(H,18,19)(H,20,22). The maximum Gasteiger partial charge on any atom is 0.331 e. The number of urea groups is 1. The first-order chi connectivity index (χ1) is 12.0. The molecule has 0 atom stereocenters. The van der Waals surface area contributed by atoms with Gasteiger partial charge in [0.05, 0.1) is 5.69 Å². The fourth-order valence-electron chi connectivity index (χ4n) is 2.85. The molecule has 1 aromatic carbocycles. The molecular weight excluding hydrogens is 340 g/mol. The van der Waals surface area contributed by atoms with E-state index < -0.39 is 16.1 Å². The molecule has 8 heteroatoms. The molecule has 0 bridgehead atoms. The molecule has 2 aromatic rings. The third kappa shape index (κ3) is 3.90. The summed E-state index contributed by atoms with van der Waals surface area (Å²) in [5.74, 6) is 0. The average molecular weight is 360 g/mol. The lowest BCUT2D eigenvalue weighted by molar-refractivity contribution is 0.215. The molecule has 0 saturated carbocycles. The number of benzene rings is 1. The maximum atomic E-state index is 12.8. The predicted molar refractivity (Wildman–Crippen MR) is 95.2 cm³/mol. The van der Waals surface area contributed by atoms with Crippen LogP contribution in [0.1, 0.15) is 18.4 Å². The van der Waals surface area contributed by atoms with Gasteiger partial charge in [0.15, 0.2) is 0 Å². The van der Waals surface area contributed by atoms with Crippen LogP contribution in [0.3, 0.4) is 0 Å². The van der Waals surface area contributed by atoms with Gasteiger partial charge in [0, 0.05) is 31.2 Å². The van der Waals surface area contributed by atoms with E-state index in [2.05, 4.69) is 15.0 Å². The van der Waals surface area contributed by atoms with E-state index in [1.54, 1.807) is 49.6 Å². The van der Waals surface area contributed by atoms with E-state index in [4.69, 9.17) is 0 Å². The Kier molecular flexibility index (Phi) is 4.89. The van der Waals surface area contributed by atoms with Crippen molar-refractivity contribution < 1.29 is 13.2 Å². The van der Waals surface area contributed by atoms with Crippen molar-refractivity contribution in [1.29, 1.82) is 0 Å². The van der Waals surface area contributed by atoms with Crippen LogP contribution in [-0.4, -0.2) is 37.4 Å². The molecule has 132 valence electrons. The van der Waals surface area contributed by atoms with Gasteiger partial charge < -0.3 is 10.2 Å². The van der Waals surface area contributed by atoms with Crippen LogP contribution in [0, 0.1) is 6.92 Å². The molecule has 3 rings (SSSR count). The zero-order chi connectivity index (χ0) is 17.9. The van der Waals surface area contributed by atoms with Gasteiger partial charge in [-0.1, -0.05) is 12.1 Å². The number of amides is 2. The van der Waals surface area contributed by atoms with E-state index in [-0.39, 0.29) is 4.90 Å². The highest BCUT2D eigenvalue weighted by Crippen LogP contribution is 2.28. The number of nitrogens with one attached hydrogen (secondary N) is 2. The Bertz CT molecular complexity index is 863. The molecule has 0 spiro atoms. The molecule has 25 heavy (non-hydrogen) atoms. The Hall–Kier alpha value is -2.61. The van der Waals surface area contributed by atoms with Crippen molar-refractivity contribution >= 4 is 27.4 Å². The van der Waals surface area contributed by atoms with E-state index in [0.29, 0.717) is 30.0 Å². The smallest absolute Gasteiger partial charge is 0.331 e. The van der Waals surface area contributed by atoms with E-state index >= 15 is 0 Å². The number of likely N-dealkylation sites (tertiary alicyclic amines) is 1. The largest absolute Gasteiger partial charge is 0.354 e. The summed E-state index contributed by atoms with van der Waals surface area (Å²) in [5, 5.41) is 3.08. The lowest BCUT2D eigenvalue weighted by Crippen LogP contribution is -2.41. The van der Waals surface area contributed by atoms with Crippen molar-refractivity contribution in [3.63, 3.8) is 0 Å². The number of aromatic nitrogens is 1. The molecule has 0 unspecified atom stereocenters. The highest BCUT2D eigenvalue weighted by Gasteiger charge is 2.27. The highest BCUT2D eigenvalue weighted by molar-refractivity contribution is 7.90. The Balaban J connectivity index is 1.90. The maximum absolute atomic E-state index is 12.8. The Morgan fingerprint density at radius 2 is 1.80 bits per heavy atom. The van der Waals surface area contributed by atoms with Gasteiger partial charge in [-0.25, -0.2) is 17.9 Å². The van der Waals surface area contributed by atoms with Crippen LogP contribution in [0.5, 0.6) is 0 Å². The van der Waals surface area contributed by atoms with Crippen molar-refractivity contribution in [3.8, 4) is 0 Å². The number of carbonyl (C=O) groups excluding carboxylic acids is 1. The van der Waals surface area contributed by atoms with Crippen molar-refractivity contribution in [2.45, 2.75) is 24.7 Å². The normalized spacial score (nSPS) is 14.4. The molecule has 1 aromatic heterocycles. The third-order valence-electron chi connectivity index (χ3n) is 4.05. The van der Waals surface area contributed by atoms with Crippen LogP contribution in [-0.2, 0) is 10.0 Å². The van der Waals surface area contributed by atoms with Gasteiger partial charge in [-0.3, -0.25) is 4.98 Å². The number of sulfonamides is 1. The first kappa shape index (κ1) is 17.2. The second-order valence-corrected chi connectivity index (χ2v) is 7.54. The quantitative estimate of drug-likeness (QED) is 0.874. The van der Waals surface area contributed by atoms with Crippen LogP contribution in [0.15, 0.2) is 47.6 Å². The van der Waals surface area contributed by atoms with E-state index in [9.17, 15) is 13.2 Å². The van der Waals surface area contributed by atoms with Crippen LogP contribution >= 0.6 is 0 Å². The summed E-state index contributed by atoms with van der Waals surface area (Å²) in [6.45, 7) is 2.86. The second kappa shape index (κ2) is 7.10. The lowest BCUT2D eigenvalue weighted by Gasteiger charge is -2.19. The zero-order valence-corrected chi connectivity index (χ0v) is 14.7. The molecule has 0 aliphatic carbocycles. The van der Waals surface area contributed by atoms with Crippen LogP contribution in [0.25, 0.3) is 0 Å². The number of hydrogen-bond acceptors (Lipinski definition) is 5. The molecule has 1 aliphatic heterocycles. The minimum Gasteiger partial charge on any atom is -0.354 e. The highest BCUT2D eigenvalue weighted by atomic mass is 32.2. The number of hydrogen-bond donors (Lipinski definition) is 2. The zero-order valence-electron chi connectivity index (χ0n) is 13.9. The topological polar surface area (TPSA) is 91.4 Å². The molecule has 2 N–H and O–H groups in total. The first-order valence-corrected chi connectivity index (χ1v) is 9.54. The summed E-state index contributed by atoms with van der Waals surface area (Å²) in [6, 6.07) is 8.04. The molecule has 1 saturated heterocycles. The van der Waals surface area contributed by atoms with Gasteiger partial charge >= 0.3 is 6.03 Å². The second-order valence-electron chi connectivity index (χ2n) is 5.92. The van der Waals surface area contributed by atoms with Gasteiger partial charge in [0.2, 0.25) is 0 Å². The molecule has 2 heterocycles. The van der Waals surface area contributed by atoms with Crippen LogP contribution < -0.4 is 10.0 Å². The lowest BCUT2D eigenvalue weighted by atomic mass is 10.2. The van der Waals surface area contributed by atoms with Gasteiger partial charge in [-0.2, -0.15) is 0 Å². The predicted octanol–water partition coefficient (Wildman–Crippen LogP) is 2.63. The summed E-state index contributed by atoms with van der Waals surface area (Å²) in [5.41, 5.74) is 1.68. The van der Waals surface area contributed by atoms with Gasteiger partial charge in [0.25, 0.3) is 10.0 Å². The van der Waals surface area contributed by atoms with E-state index in [1.807, 2.05) is 0 Å². The number of nitrogens with zero attached hydrogens (tertiary/aromatic N) is 2. The SMILES string of the molecule is Cc1cccc(Nc2ccncc2)c1S(=O)(=O)NC(=O)N1CCCC1. The summed E-state index contributed by atoms with van der Waals surface area (Å²) >= 11 is 0. The Labute approximate surface area is 147 Å². The van der Waals surface area contributed by atoms with Crippen molar-refractivity contribution in [1.82, 2.24) is 14.6 Å². The van der Waals surface area contributed by atoms with Crippen molar-refractivity contribution in [3.05, 3.63) is 48.3 Å². The summed E-state index contributed by atoms with van der Waals surface area (Å²) in [7, 11) is -4.00. The fourth-order valence-corrected chi connectivity index (χ4v) is 4.21. The van der Waals surface area contributed by atoms with E-state index in [1.165, 1.54) is 4.90 Å². The van der Waals surface area contributed by atoms with Crippen LogP contribution in [0.2, 0.25) is 0 Å². The molecule has 7 nitrogen and oxygen atoms in total. The Morgan fingerprint density at radius 1 is 1.12 bits per heavy atom. The molecular formula is C17H20N4O3S.